The summed E-state index contributed by atoms with van der Waals surface area (Å²) in [4.78, 5) is 13.6. The van der Waals surface area contributed by atoms with E-state index in [1.165, 1.54) is 6.42 Å². The maximum Gasteiger partial charge on any atom is 0.139 e. The molecule has 0 fully saturated rings. The zero-order chi connectivity index (χ0) is 22.9. The van der Waals surface area contributed by atoms with Gasteiger partial charge in [0.1, 0.15) is 5.01 Å². The summed E-state index contributed by atoms with van der Waals surface area (Å²) in [6.45, 7) is 13.1. The second-order valence-corrected chi connectivity index (χ2v) is 8.50. The van der Waals surface area contributed by atoms with E-state index in [4.69, 9.17) is 4.98 Å². The fourth-order valence-corrected chi connectivity index (χ4v) is 3.94. The molecule has 32 heavy (non-hydrogen) atoms. The van der Waals surface area contributed by atoms with Crippen LogP contribution in [0.3, 0.4) is 0 Å². The van der Waals surface area contributed by atoms with Crippen LogP contribution in [0.1, 0.15) is 42.1 Å². The number of thiazole rings is 1. The lowest BCUT2D eigenvalue weighted by Crippen LogP contribution is -2.11. The van der Waals surface area contributed by atoms with E-state index in [0.29, 0.717) is 6.54 Å². The predicted molar refractivity (Wildman–Crippen MR) is 136 cm³/mol. The van der Waals surface area contributed by atoms with E-state index >= 15 is 0 Å². The molecule has 5 heteroatoms. The van der Waals surface area contributed by atoms with Crippen LogP contribution in [0, 0.1) is 13.8 Å². The van der Waals surface area contributed by atoms with Crippen molar-refractivity contribution in [1.29, 1.82) is 0 Å². The molecule has 0 radical (unpaired) electrons. The molecule has 0 saturated heterocycles. The summed E-state index contributed by atoms with van der Waals surface area (Å²) in [6.07, 6.45) is 4.98. The molecule has 4 aromatic rings. The van der Waals surface area contributed by atoms with Gasteiger partial charge in [-0.3, -0.25) is 9.97 Å². The van der Waals surface area contributed by atoms with Crippen molar-refractivity contribution in [2.45, 2.75) is 40.7 Å². The van der Waals surface area contributed by atoms with Crippen LogP contribution in [0.2, 0.25) is 0 Å². The number of rotatable bonds is 6. The quantitative estimate of drug-likeness (QED) is 0.347. The zero-order valence-corrected chi connectivity index (χ0v) is 20.0. The van der Waals surface area contributed by atoms with E-state index in [-0.39, 0.29) is 0 Å². The van der Waals surface area contributed by atoms with Crippen molar-refractivity contribution >= 4 is 17.0 Å². The maximum absolute atomic E-state index is 4.71. The van der Waals surface area contributed by atoms with Crippen molar-refractivity contribution < 1.29 is 0 Å². The topological polar surface area (TPSA) is 50.7 Å². The molecule has 3 aromatic heterocycles. The summed E-state index contributed by atoms with van der Waals surface area (Å²) in [6, 6.07) is 16.4. The van der Waals surface area contributed by atoms with Crippen molar-refractivity contribution in [2.24, 2.45) is 0 Å². The first-order chi connectivity index (χ1) is 15.5. The fourth-order valence-electron chi connectivity index (χ4n) is 3.16. The van der Waals surface area contributed by atoms with Crippen LogP contribution in [0.5, 0.6) is 0 Å². The van der Waals surface area contributed by atoms with Crippen molar-refractivity contribution in [3.8, 4) is 22.5 Å². The molecule has 3 heterocycles. The molecule has 1 aromatic carbocycles. The third kappa shape index (κ3) is 6.11. The lowest BCUT2D eigenvalue weighted by molar-refractivity contribution is 0.881. The van der Waals surface area contributed by atoms with Gasteiger partial charge in [0.15, 0.2) is 0 Å². The summed E-state index contributed by atoms with van der Waals surface area (Å²) in [5.74, 6) is 0. The predicted octanol–water partition coefficient (Wildman–Crippen LogP) is 7.06. The molecule has 0 saturated carbocycles. The van der Waals surface area contributed by atoms with Gasteiger partial charge in [0.25, 0.3) is 0 Å². The first-order valence-electron chi connectivity index (χ1n) is 10.8. The van der Waals surface area contributed by atoms with Gasteiger partial charge in [-0.1, -0.05) is 63.2 Å². The van der Waals surface area contributed by atoms with Crippen molar-refractivity contribution in [3.05, 3.63) is 94.7 Å². The van der Waals surface area contributed by atoms with Gasteiger partial charge >= 0.3 is 0 Å². The average molecular weight is 443 g/mol. The van der Waals surface area contributed by atoms with Crippen molar-refractivity contribution in [3.63, 3.8) is 0 Å². The number of nitrogens with one attached hydrogen (secondary N) is 1. The number of hydrogen-bond acceptors (Lipinski definition) is 5. The Labute approximate surface area is 195 Å². The minimum Gasteiger partial charge on any atom is -0.379 e. The molecular formula is C27H30N4S. The van der Waals surface area contributed by atoms with E-state index in [0.717, 1.165) is 50.0 Å². The number of aromatic nitrogens is 3. The van der Waals surface area contributed by atoms with Crippen molar-refractivity contribution in [2.75, 3.05) is 0 Å². The number of nitrogens with zero attached hydrogens (tertiary/aromatic N) is 3. The highest BCUT2D eigenvalue weighted by atomic mass is 32.1. The largest absolute Gasteiger partial charge is 0.379 e. The van der Waals surface area contributed by atoms with Gasteiger partial charge in [-0.05, 0) is 37.1 Å². The molecule has 4 rings (SSSR count). The molecule has 164 valence electrons. The highest BCUT2D eigenvalue weighted by Crippen LogP contribution is 2.25. The Morgan fingerprint density at radius 3 is 2.44 bits per heavy atom. The van der Waals surface area contributed by atoms with E-state index < -0.39 is 0 Å². The van der Waals surface area contributed by atoms with Crippen LogP contribution in [0.4, 0.5) is 0 Å². The third-order valence-corrected chi connectivity index (χ3v) is 5.54. The average Bonchev–Trinajstić information content (AvgIpc) is 3.29. The Bertz CT molecular complexity index is 1170. The minimum atomic E-state index is 0.655. The summed E-state index contributed by atoms with van der Waals surface area (Å²) in [5, 5.41) is 6.34. The monoisotopic (exact) mass is 442 g/mol. The zero-order valence-electron chi connectivity index (χ0n) is 19.2. The summed E-state index contributed by atoms with van der Waals surface area (Å²) in [7, 11) is 0. The van der Waals surface area contributed by atoms with Crippen LogP contribution >= 0.6 is 11.3 Å². The second-order valence-electron chi connectivity index (χ2n) is 7.64. The Balaban J connectivity index is 0.000000913. The molecular weight excluding hydrogens is 412 g/mol. The second kappa shape index (κ2) is 11.3. The van der Waals surface area contributed by atoms with Crippen LogP contribution in [-0.4, -0.2) is 15.0 Å². The molecule has 0 unspecified atom stereocenters. The Morgan fingerprint density at radius 1 is 1.00 bits per heavy atom. The SMILES string of the molecule is C=C(NCc1cnc(-c2ccnc(C)c2)c(C)c1)c1nc(-c2ccccc2)cs1.CCC. The Hall–Kier alpha value is -3.31. The Morgan fingerprint density at radius 2 is 1.75 bits per heavy atom. The van der Waals surface area contributed by atoms with Crippen molar-refractivity contribution in [1.82, 2.24) is 20.3 Å². The van der Waals surface area contributed by atoms with Gasteiger partial charge in [0.2, 0.25) is 0 Å². The number of aryl methyl sites for hydroxylation is 2. The first-order valence-corrected chi connectivity index (χ1v) is 11.7. The van der Waals surface area contributed by atoms with E-state index in [1.807, 2.05) is 43.6 Å². The van der Waals surface area contributed by atoms with Gasteiger partial charge < -0.3 is 5.32 Å². The molecule has 0 aliphatic heterocycles. The highest BCUT2D eigenvalue weighted by Gasteiger charge is 2.09. The first kappa shape index (κ1) is 23.4. The molecule has 0 aliphatic carbocycles. The van der Waals surface area contributed by atoms with Gasteiger partial charge in [-0.2, -0.15) is 0 Å². The summed E-state index contributed by atoms with van der Waals surface area (Å²) in [5.41, 5.74) is 8.24. The lowest BCUT2D eigenvalue weighted by atomic mass is 10.1. The normalized spacial score (nSPS) is 10.2. The van der Waals surface area contributed by atoms with Gasteiger partial charge in [0, 0.05) is 41.1 Å². The highest BCUT2D eigenvalue weighted by molar-refractivity contribution is 7.11. The van der Waals surface area contributed by atoms with Crippen LogP contribution in [0.15, 0.2) is 72.9 Å². The number of benzene rings is 1. The number of hydrogen-bond donors (Lipinski definition) is 1. The van der Waals surface area contributed by atoms with E-state index in [1.54, 1.807) is 11.3 Å². The van der Waals surface area contributed by atoms with Gasteiger partial charge in [-0.15, -0.1) is 11.3 Å². The molecule has 0 amide bonds. The van der Waals surface area contributed by atoms with Crippen LogP contribution < -0.4 is 5.32 Å². The van der Waals surface area contributed by atoms with Gasteiger partial charge in [0.05, 0.1) is 17.1 Å². The minimum absolute atomic E-state index is 0.655. The molecule has 0 spiro atoms. The third-order valence-electron chi connectivity index (χ3n) is 4.64. The molecule has 1 N–H and O–H groups in total. The van der Waals surface area contributed by atoms with Gasteiger partial charge in [-0.25, -0.2) is 4.98 Å². The molecule has 4 nitrogen and oxygen atoms in total. The van der Waals surface area contributed by atoms with E-state index in [2.05, 4.69) is 72.3 Å². The fraction of sp³-hybridized carbons (Fsp3) is 0.222. The molecule has 0 bridgehead atoms. The summed E-state index contributed by atoms with van der Waals surface area (Å²) < 4.78 is 0. The van der Waals surface area contributed by atoms with E-state index in [9.17, 15) is 0 Å². The summed E-state index contributed by atoms with van der Waals surface area (Å²) >= 11 is 1.60. The molecule has 0 atom stereocenters. The van der Waals surface area contributed by atoms with Crippen LogP contribution in [-0.2, 0) is 6.54 Å². The smallest absolute Gasteiger partial charge is 0.139 e. The lowest BCUT2D eigenvalue weighted by Gasteiger charge is -2.10. The maximum atomic E-state index is 4.71. The Kier molecular flexibility index (Phi) is 8.28. The van der Waals surface area contributed by atoms with Crippen LogP contribution in [0.25, 0.3) is 28.2 Å². The molecule has 0 aliphatic rings. The standard InChI is InChI=1S/C24H22N4S.C3H8/c1-16-11-19(14-27-23(16)21-9-10-25-17(2)12-21)13-26-18(3)24-28-22(15-29-24)20-7-5-4-6-8-20;1-3-2/h4-12,14-15,26H,3,13H2,1-2H3;3H2,1-2H3. The number of pyridine rings is 2.